The number of carbonyl (C=O) groups excluding carboxylic acids is 1. The van der Waals surface area contributed by atoms with E-state index in [-0.39, 0.29) is 5.92 Å². The number of nitrogens with zero attached hydrogens (tertiary/aromatic N) is 2. The zero-order valence-corrected chi connectivity index (χ0v) is 11.6. The normalized spacial score (nSPS) is 29.4. The molecule has 0 aromatic rings. The van der Waals surface area contributed by atoms with Gasteiger partial charge in [-0.15, -0.1) is 0 Å². The first-order chi connectivity index (χ1) is 7.97. The summed E-state index contributed by atoms with van der Waals surface area (Å²) in [6.45, 7) is 14.2. The molecule has 0 aromatic carbocycles. The summed E-state index contributed by atoms with van der Waals surface area (Å²) in [5.74, 6) is 2.71. The van der Waals surface area contributed by atoms with Crippen LogP contribution < -0.4 is 0 Å². The zero-order chi connectivity index (χ0) is 12.6. The van der Waals surface area contributed by atoms with Crippen LogP contribution in [0.2, 0.25) is 0 Å². The summed E-state index contributed by atoms with van der Waals surface area (Å²) in [7, 11) is 0. The van der Waals surface area contributed by atoms with Crippen LogP contribution in [0, 0.1) is 23.7 Å². The van der Waals surface area contributed by atoms with Crippen LogP contribution in [0.1, 0.15) is 27.7 Å². The number of carbonyl (C=O) groups is 1. The first-order valence-electron chi connectivity index (χ1n) is 6.98. The number of hydrogen-bond donors (Lipinski definition) is 0. The summed E-state index contributed by atoms with van der Waals surface area (Å²) in [5.41, 5.74) is 0. The van der Waals surface area contributed by atoms with Crippen molar-refractivity contribution in [1.29, 1.82) is 0 Å². The zero-order valence-electron chi connectivity index (χ0n) is 11.6. The Morgan fingerprint density at radius 1 is 1.06 bits per heavy atom. The van der Waals surface area contributed by atoms with E-state index in [1.165, 1.54) is 19.6 Å². The first-order valence-corrected chi connectivity index (χ1v) is 6.98. The lowest BCUT2D eigenvalue weighted by atomic mass is 10.0. The summed E-state index contributed by atoms with van der Waals surface area (Å²) in [5, 5.41) is 0. The molecule has 17 heavy (non-hydrogen) atoms. The van der Waals surface area contributed by atoms with Crippen molar-refractivity contribution in [3.63, 3.8) is 0 Å². The summed E-state index contributed by atoms with van der Waals surface area (Å²) in [6.07, 6.45) is 0. The third-order valence-corrected chi connectivity index (χ3v) is 3.99. The van der Waals surface area contributed by atoms with E-state index in [0.29, 0.717) is 5.91 Å². The molecule has 2 rings (SSSR count). The van der Waals surface area contributed by atoms with Crippen LogP contribution in [0.15, 0.2) is 0 Å². The molecule has 0 unspecified atom stereocenters. The van der Waals surface area contributed by atoms with Crippen LogP contribution >= 0.6 is 0 Å². The minimum atomic E-state index is 0.153. The van der Waals surface area contributed by atoms with E-state index in [0.717, 1.165) is 30.8 Å². The molecule has 0 spiro atoms. The van der Waals surface area contributed by atoms with E-state index in [1.807, 2.05) is 13.8 Å². The first kappa shape index (κ1) is 12.9. The molecule has 0 saturated carbocycles. The Bertz CT molecular complexity index is 274. The Morgan fingerprint density at radius 3 is 2.00 bits per heavy atom. The van der Waals surface area contributed by atoms with E-state index in [4.69, 9.17) is 0 Å². The average molecular weight is 238 g/mol. The fourth-order valence-electron chi connectivity index (χ4n) is 3.30. The highest BCUT2D eigenvalue weighted by molar-refractivity contribution is 5.78. The lowest BCUT2D eigenvalue weighted by Gasteiger charge is -2.23. The maximum atomic E-state index is 11.9. The van der Waals surface area contributed by atoms with Gasteiger partial charge in [-0.05, 0) is 17.8 Å². The Hall–Kier alpha value is -0.570. The van der Waals surface area contributed by atoms with Crippen LogP contribution in [-0.4, -0.2) is 48.4 Å². The molecular weight excluding hydrogens is 212 g/mol. The van der Waals surface area contributed by atoms with E-state index < -0.39 is 0 Å². The van der Waals surface area contributed by atoms with E-state index >= 15 is 0 Å². The molecule has 2 heterocycles. The van der Waals surface area contributed by atoms with Gasteiger partial charge in [-0.1, -0.05) is 27.7 Å². The summed E-state index contributed by atoms with van der Waals surface area (Å²) >= 11 is 0. The van der Waals surface area contributed by atoms with Gasteiger partial charge in [0.1, 0.15) is 0 Å². The third-order valence-electron chi connectivity index (χ3n) is 3.99. The molecular formula is C14H26N2O. The van der Waals surface area contributed by atoms with Crippen molar-refractivity contribution in [2.75, 3.05) is 32.7 Å². The molecule has 2 saturated heterocycles. The molecule has 2 fully saturated rings. The van der Waals surface area contributed by atoms with Crippen LogP contribution in [0.3, 0.4) is 0 Å². The number of hydrogen-bond acceptors (Lipinski definition) is 2. The van der Waals surface area contributed by atoms with Crippen molar-refractivity contribution < 1.29 is 4.79 Å². The van der Waals surface area contributed by atoms with Crippen LogP contribution in [0.25, 0.3) is 0 Å². The third kappa shape index (κ3) is 2.82. The monoisotopic (exact) mass is 238 g/mol. The van der Waals surface area contributed by atoms with Gasteiger partial charge in [-0.25, -0.2) is 0 Å². The summed E-state index contributed by atoms with van der Waals surface area (Å²) < 4.78 is 0. The van der Waals surface area contributed by atoms with Gasteiger partial charge in [0.25, 0.3) is 0 Å². The highest BCUT2D eigenvalue weighted by Gasteiger charge is 2.41. The molecule has 98 valence electrons. The Morgan fingerprint density at radius 2 is 1.59 bits per heavy atom. The fraction of sp³-hybridized carbons (Fsp3) is 0.929. The van der Waals surface area contributed by atoms with E-state index in [9.17, 15) is 4.79 Å². The van der Waals surface area contributed by atoms with Crippen LogP contribution in [0.5, 0.6) is 0 Å². The van der Waals surface area contributed by atoms with Gasteiger partial charge in [0.2, 0.25) is 5.91 Å². The maximum absolute atomic E-state index is 11.9. The Labute approximate surface area is 105 Å². The van der Waals surface area contributed by atoms with E-state index in [2.05, 4.69) is 23.6 Å². The number of fused-ring (bicyclic) bond motifs is 1. The van der Waals surface area contributed by atoms with Gasteiger partial charge in [0, 0.05) is 38.6 Å². The minimum absolute atomic E-state index is 0.153. The predicted octanol–water partition coefficient (Wildman–Crippen LogP) is 1.69. The number of amides is 1. The SMILES string of the molecule is CC(C)CN1C[C@@H]2CN(C(=O)C(C)C)C[C@H]2C1. The van der Waals surface area contributed by atoms with Crippen molar-refractivity contribution in [1.82, 2.24) is 9.80 Å². The van der Waals surface area contributed by atoms with Crippen molar-refractivity contribution in [3.8, 4) is 0 Å². The quantitative estimate of drug-likeness (QED) is 0.747. The van der Waals surface area contributed by atoms with Crippen molar-refractivity contribution in [3.05, 3.63) is 0 Å². The Balaban J connectivity index is 1.85. The molecule has 2 atom stereocenters. The molecule has 0 bridgehead atoms. The molecule has 1 amide bonds. The van der Waals surface area contributed by atoms with Gasteiger partial charge in [-0.3, -0.25) is 4.79 Å². The fourth-order valence-corrected chi connectivity index (χ4v) is 3.30. The number of rotatable bonds is 3. The standard InChI is InChI=1S/C14H26N2O/c1-10(2)5-15-6-12-8-16(9-13(12)7-15)14(17)11(3)4/h10-13H,5-9H2,1-4H3/t12-,13-/m1/s1. The second kappa shape index (κ2) is 4.97. The van der Waals surface area contributed by atoms with Gasteiger partial charge >= 0.3 is 0 Å². The van der Waals surface area contributed by atoms with Crippen molar-refractivity contribution in [2.45, 2.75) is 27.7 Å². The minimum Gasteiger partial charge on any atom is -0.342 e. The summed E-state index contributed by atoms with van der Waals surface area (Å²) in [6, 6.07) is 0. The number of likely N-dealkylation sites (tertiary alicyclic amines) is 2. The van der Waals surface area contributed by atoms with E-state index in [1.54, 1.807) is 0 Å². The second-order valence-corrected chi connectivity index (χ2v) is 6.53. The summed E-state index contributed by atoms with van der Waals surface area (Å²) in [4.78, 5) is 16.6. The average Bonchev–Trinajstić information content (AvgIpc) is 2.72. The van der Waals surface area contributed by atoms with Gasteiger partial charge in [0.05, 0.1) is 0 Å². The molecule has 0 radical (unpaired) electrons. The second-order valence-electron chi connectivity index (χ2n) is 6.53. The predicted molar refractivity (Wildman–Crippen MR) is 69.7 cm³/mol. The van der Waals surface area contributed by atoms with Crippen molar-refractivity contribution in [2.24, 2.45) is 23.7 Å². The van der Waals surface area contributed by atoms with Crippen LogP contribution in [-0.2, 0) is 4.79 Å². The lowest BCUT2D eigenvalue weighted by Crippen LogP contribution is -2.36. The Kier molecular flexibility index (Phi) is 3.76. The highest BCUT2D eigenvalue weighted by atomic mass is 16.2. The lowest BCUT2D eigenvalue weighted by molar-refractivity contribution is -0.133. The maximum Gasteiger partial charge on any atom is 0.225 e. The van der Waals surface area contributed by atoms with Gasteiger partial charge in [0.15, 0.2) is 0 Å². The molecule has 2 aliphatic rings. The molecule has 3 nitrogen and oxygen atoms in total. The highest BCUT2D eigenvalue weighted by Crippen LogP contribution is 2.32. The van der Waals surface area contributed by atoms with Gasteiger partial charge < -0.3 is 9.80 Å². The topological polar surface area (TPSA) is 23.6 Å². The molecule has 0 aliphatic carbocycles. The largest absolute Gasteiger partial charge is 0.342 e. The molecule has 3 heteroatoms. The van der Waals surface area contributed by atoms with Gasteiger partial charge in [-0.2, -0.15) is 0 Å². The smallest absolute Gasteiger partial charge is 0.225 e. The molecule has 0 aromatic heterocycles. The molecule has 2 aliphatic heterocycles. The van der Waals surface area contributed by atoms with Crippen molar-refractivity contribution >= 4 is 5.91 Å². The van der Waals surface area contributed by atoms with Crippen LogP contribution in [0.4, 0.5) is 0 Å². The molecule has 0 N–H and O–H groups in total.